The van der Waals surface area contributed by atoms with E-state index in [0.29, 0.717) is 25.9 Å². The van der Waals surface area contributed by atoms with Crippen LogP contribution in [0.1, 0.15) is 18.4 Å². The lowest BCUT2D eigenvalue weighted by Gasteiger charge is -2.12. The van der Waals surface area contributed by atoms with Crippen LogP contribution in [0.5, 0.6) is 0 Å². The summed E-state index contributed by atoms with van der Waals surface area (Å²) in [6, 6.07) is 11.9. The summed E-state index contributed by atoms with van der Waals surface area (Å²) in [7, 11) is 0. The molecule has 1 atom stereocenters. The molecular formula is C13H14N2O2. The van der Waals surface area contributed by atoms with Gasteiger partial charge in [0.05, 0.1) is 12.6 Å². The van der Waals surface area contributed by atoms with Crippen molar-refractivity contribution in [3.63, 3.8) is 0 Å². The van der Waals surface area contributed by atoms with E-state index in [1.165, 1.54) is 0 Å². The van der Waals surface area contributed by atoms with Crippen molar-refractivity contribution in [2.24, 2.45) is 0 Å². The molecule has 1 heterocycles. The topological polar surface area (TPSA) is 53.3 Å². The highest BCUT2D eigenvalue weighted by Gasteiger charge is 2.30. The lowest BCUT2D eigenvalue weighted by molar-refractivity contribution is 0.129. The largest absolute Gasteiger partial charge is 0.444 e. The van der Waals surface area contributed by atoms with E-state index in [0.717, 1.165) is 5.56 Å². The molecule has 1 unspecified atom stereocenters. The fourth-order valence-electron chi connectivity index (χ4n) is 1.88. The second kappa shape index (κ2) is 5.35. The summed E-state index contributed by atoms with van der Waals surface area (Å²) in [6.07, 6.45) is 0.632. The number of ether oxygens (including phenoxy) is 1. The number of nitriles is 1. The fraction of sp³-hybridized carbons (Fsp3) is 0.385. The normalized spacial score (nSPS) is 18.9. The maximum Gasteiger partial charge on any atom is 0.410 e. The minimum Gasteiger partial charge on any atom is -0.444 e. The van der Waals surface area contributed by atoms with Gasteiger partial charge in [0.25, 0.3) is 0 Å². The van der Waals surface area contributed by atoms with E-state index in [-0.39, 0.29) is 12.2 Å². The van der Waals surface area contributed by atoms with E-state index < -0.39 is 0 Å². The van der Waals surface area contributed by atoms with E-state index in [9.17, 15) is 4.79 Å². The Labute approximate surface area is 100 Å². The lowest BCUT2D eigenvalue weighted by atomic mass is 10.2. The van der Waals surface area contributed by atoms with Crippen molar-refractivity contribution >= 4 is 6.09 Å². The first-order valence-corrected chi connectivity index (χ1v) is 5.66. The molecule has 1 saturated heterocycles. The highest BCUT2D eigenvalue weighted by Crippen LogP contribution is 2.17. The Bertz CT molecular complexity index is 425. The van der Waals surface area contributed by atoms with Crippen LogP contribution in [0.4, 0.5) is 4.79 Å². The highest BCUT2D eigenvalue weighted by atomic mass is 16.6. The summed E-state index contributed by atoms with van der Waals surface area (Å²) < 4.78 is 5.18. The molecule has 1 amide bonds. The number of cyclic esters (lactones) is 1. The quantitative estimate of drug-likeness (QED) is 0.797. The second-order valence-electron chi connectivity index (χ2n) is 4.07. The Morgan fingerprint density at radius 1 is 1.41 bits per heavy atom. The Morgan fingerprint density at radius 3 is 2.88 bits per heavy atom. The maximum absolute atomic E-state index is 11.6. The van der Waals surface area contributed by atoms with Gasteiger partial charge in [0.2, 0.25) is 0 Å². The van der Waals surface area contributed by atoms with Crippen molar-refractivity contribution in [2.45, 2.75) is 25.5 Å². The average Bonchev–Trinajstić information content (AvgIpc) is 2.69. The minimum absolute atomic E-state index is 0.133. The number of hydrogen-bond donors (Lipinski definition) is 0. The summed E-state index contributed by atoms with van der Waals surface area (Å²) >= 11 is 0. The molecule has 0 aromatic heterocycles. The van der Waals surface area contributed by atoms with Crippen LogP contribution in [0.25, 0.3) is 0 Å². The summed E-state index contributed by atoms with van der Waals surface area (Å²) in [6.45, 7) is 1.15. The molecule has 88 valence electrons. The van der Waals surface area contributed by atoms with E-state index in [1.54, 1.807) is 4.90 Å². The lowest BCUT2D eigenvalue weighted by Crippen LogP contribution is -2.24. The van der Waals surface area contributed by atoms with Crippen LogP contribution in [0.3, 0.4) is 0 Å². The Kier molecular flexibility index (Phi) is 3.61. The van der Waals surface area contributed by atoms with Gasteiger partial charge in [-0.25, -0.2) is 4.79 Å². The van der Waals surface area contributed by atoms with Gasteiger partial charge in [0.1, 0.15) is 6.10 Å². The van der Waals surface area contributed by atoms with Crippen molar-refractivity contribution in [1.29, 1.82) is 5.26 Å². The zero-order chi connectivity index (χ0) is 12.1. The zero-order valence-corrected chi connectivity index (χ0v) is 9.50. The number of hydrogen-bond acceptors (Lipinski definition) is 3. The van der Waals surface area contributed by atoms with E-state index in [2.05, 4.69) is 6.07 Å². The highest BCUT2D eigenvalue weighted by molar-refractivity contribution is 5.69. The van der Waals surface area contributed by atoms with Gasteiger partial charge >= 0.3 is 6.09 Å². The first-order valence-electron chi connectivity index (χ1n) is 5.66. The molecule has 1 aliphatic heterocycles. The predicted octanol–water partition coefficient (Wildman–Crippen LogP) is 2.31. The molecule has 1 fully saturated rings. The SMILES string of the molecule is N#CCCC1CN(Cc2ccccc2)C(=O)O1. The summed E-state index contributed by atoms with van der Waals surface area (Å²) in [5.74, 6) is 0. The molecule has 2 rings (SSSR count). The molecule has 4 nitrogen and oxygen atoms in total. The van der Waals surface area contributed by atoms with Gasteiger partial charge in [-0.15, -0.1) is 0 Å². The van der Waals surface area contributed by atoms with Crippen molar-refractivity contribution in [1.82, 2.24) is 4.90 Å². The van der Waals surface area contributed by atoms with E-state index >= 15 is 0 Å². The third kappa shape index (κ3) is 2.97. The van der Waals surface area contributed by atoms with Gasteiger partial charge in [-0.1, -0.05) is 30.3 Å². The van der Waals surface area contributed by atoms with Gasteiger partial charge in [-0.05, 0) is 12.0 Å². The van der Waals surface area contributed by atoms with Crippen LogP contribution in [0.2, 0.25) is 0 Å². The molecule has 0 bridgehead atoms. The molecule has 0 radical (unpaired) electrons. The molecule has 0 N–H and O–H groups in total. The molecule has 0 saturated carbocycles. The van der Waals surface area contributed by atoms with Crippen molar-refractivity contribution < 1.29 is 9.53 Å². The molecular weight excluding hydrogens is 216 g/mol. The molecule has 4 heteroatoms. The number of carbonyl (C=O) groups is 1. The van der Waals surface area contributed by atoms with Crippen LogP contribution >= 0.6 is 0 Å². The number of rotatable bonds is 4. The predicted molar refractivity (Wildman–Crippen MR) is 62.0 cm³/mol. The number of amides is 1. The van der Waals surface area contributed by atoms with Crippen LogP contribution < -0.4 is 0 Å². The Balaban J connectivity index is 1.91. The third-order valence-corrected chi connectivity index (χ3v) is 2.74. The van der Waals surface area contributed by atoms with Crippen LogP contribution in [-0.2, 0) is 11.3 Å². The van der Waals surface area contributed by atoms with Gasteiger partial charge in [-0.3, -0.25) is 0 Å². The molecule has 1 aliphatic rings. The van der Waals surface area contributed by atoms with Crippen LogP contribution in [0.15, 0.2) is 30.3 Å². The smallest absolute Gasteiger partial charge is 0.410 e. The second-order valence-corrected chi connectivity index (χ2v) is 4.07. The van der Waals surface area contributed by atoms with Crippen LogP contribution in [-0.4, -0.2) is 23.6 Å². The molecule has 17 heavy (non-hydrogen) atoms. The minimum atomic E-state index is -0.281. The summed E-state index contributed by atoms with van der Waals surface area (Å²) in [4.78, 5) is 13.3. The molecule has 0 aliphatic carbocycles. The zero-order valence-electron chi connectivity index (χ0n) is 9.50. The first-order chi connectivity index (χ1) is 8.29. The van der Waals surface area contributed by atoms with Crippen molar-refractivity contribution in [2.75, 3.05) is 6.54 Å². The van der Waals surface area contributed by atoms with Gasteiger partial charge in [-0.2, -0.15) is 5.26 Å². The maximum atomic E-state index is 11.6. The van der Waals surface area contributed by atoms with Gasteiger partial charge in [0, 0.05) is 13.0 Å². The number of nitrogens with zero attached hydrogens (tertiary/aromatic N) is 2. The van der Waals surface area contributed by atoms with Gasteiger partial charge in [0.15, 0.2) is 0 Å². The van der Waals surface area contributed by atoms with Crippen molar-refractivity contribution in [3.05, 3.63) is 35.9 Å². The van der Waals surface area contributed by atoms with E-state index in [4.69, 9.17) is 10.00 Å². The van der Waals surface area contributed by atoms with E-state index in [1.807, 2.05) is 30.3 Å². The third-order valence-electron chi connectivity index (χ3n) is 2.74. The molecule has 1 aromatic carbocycles. The van der Waals surface area contributed by atoms with Gasteiger partial charge < -0.3 is 9.64 Å². The average molecular weight is 230 g/mol. The fourth-order valence-corrected chi connectivity index (χ4v) is 1.88. The van der Waals surface area contributed by atoms with Crippen LogP contribution in [0, 0.1) is 11.3 Å². The first kappa shape index (κ1) is 11.5. The number of carbonyl (C=O) groups excluding carboxylic acids is 1. The summed E-state index contributed by atoms with van der Waals surface area (Å²) in [5.41, 5.74) is 1.09. The van der Waals surface area contributed by atoms with Crippen molar-refractivity contribution in [3.8, 4) is 6.07 Å². The molecule has 1 aromatic rings. The Hall–Kier alpha value is -2.02. The molecule has 0 spiro atoms. The number of benzene rings is 1. The standard InChI is InChI=1S/C13H14N2O2/c14-8-4-7-12-10-15(13(16)17-12)9-11-5-2-1-3-6-11/h1-3,5-6,12H,4,7,9-10H2. The summed E-state index contributed by atoms with van der Waals surface area (Å²) in [5, 5.41) is 8.49. The Morgan fingerprint density at radius 2 is 2.18 bits per heavy atom. The monoisotopic (exact) mass is 230 g/mol.